The molecule has 3 rings (SSSR count). The number of furan rings is 1. The Labute approximate surface area is 154 Å². The van der Waals surface area contributed by atoms with Gasteiger partial charge < -0.3 is 20.3 Å². The molecular formula is C18H20BrN3O3. The molecule has 1 aliphatic rings. The van der Waals surface area contributed by atoms with Crippen molar-refractivity contribution in [2.75, 3.05) is 19.6 Å². The lowest BCUT2D eigenvalue weighted by Crippen LogP contribution is -2.42. The smallest absolute Gasteiger partial charge is 0.307 e. The van der Waals surface area contributed by atoms with Crippen LogP contribution in [0.1, 0.15) is 12.2 Å². The zero-order chi connectivity index (χ0) is 17.6. The maximum Gasteiger partial charge on any atom is 0.307 e. The SMILES string of the molecule is O=C(O)[C@H]1CNC[C@@H](CN/N=C/c2ccc(-c3ccccc3Br)o2)C1. The second-order valence-electron chi connectivity index (χ2n) is 6.10. The molecule has 0 amide bonds. The number of rotatable bonds is 6. The fourth-order valence-electron chi connectivity index (χ4n) is 2.89. The molecule has 0 unspecified atom stereocenters. The minimum absolute atomic E-state index is 0.249. The highest BCUT2D eigenvalue weighted by molar-refractivity contribution is 9.10. The van der Waals surface area contributed by atoms with Crippen molar-refractivity contribution in [3.05, 3.63) is 46.6 Å². The van der Waals surface area contributed by atoms with Gasteiger partial charge in [-0.05, 0) is 37.1 Å². The van der Waals surface area contributed by atoms with Crippen LogP contribution in [0, 0.1) is 11.8 Å². The first-order valence-electron chi connectivity index (χ1n) is 8.17. The number of hydrogen-bond donors (Lipinski definition) is 3. The van der Waals surface area contributed by atoms with Crippen LogP contribution in [0.15, 0.2) is 50.4 Å². The first-order chi connectivity index (χ1) is 12.1. The summed E-state index contributed by atoms with van der Waals surface area (Å²) in [5.41, 5.74) is 3.98. The number of benzene rings is 1. The Balaban J connectivity index is 1.52. The van der Waals surface area contributed by atoms with Crippen LogP contribution < -0.4 is 10.7 Å². The molecule has 1 aromatic heterocycles. The van der Waals surface area contributed by atoms with Gasteiger partial charge in [0.1, 0.15) is 11.5 Å². The van der Waals surface area contributed by atoms with E-state index in [2.05, 4.69) is 31.8 Å². The van der Waals surface area contributed by atoms with Crippen molar-refractivity contribution < 1.29 is 14.3 Å². The summed E-state index contributed by atoms with van der Waals surface area (Å²) in [5.74, 6) is 0.620. The first kappa shape index (κ1) is 17.7. The average molecular weight is 406 g/mol. The number of nitrogens with one attached hydrogen (secondary N) is 2. The fraction of sp³-hybridized carbons (Fsp3) is 0.333. The van der Waals surface area contributed by atoms with Crippen molar-refractivity contribution in [1.82, 2.24) is 10.7 Å². The Morgan fingerprint density at radius 3 is 3.00 bits per heavy atom. The van der Waals surface area contributed by atoms with Gasteiger partial charge in [0.25, 0.3) is 0 Å². The Morgan fingerprint density at radius 1 is 1.36 bits per heavy atom. The molecule has 6 nitrogen and oxygen atoms in total. The summed E-state index contributed by atoms with van der Waals surface area (Å²) < 4.78 is 6.76. The number of nitrogens with zero attached hydrogens (tertiary/aromatic N) is 1. The van der Waals surface area contributed by atoms with Crippen LogP contribution in [0.25, 0.3) is 11.3 Å². The highest BCUT2D eigenvalue weighted by atomic mass is 79.9. The molecule has 0 aliphatic carbocycles. The third-order valence-corrected chi connectivity index (χ3v) is 4.91. The Kier molecular flexibility index (Phi) is 5.88. The van der Waals surface area contributed by atoms with Crippen LogP contribution in [0.5, 0.6) is 0 Å². The van der Waals surface area contributed by atoms with Crippen LogP contribution in [-0.4, -0.2) is 36.9 Å². The van der Waals surface area contributed by atoms with Crippen molar-refractivity contribution in [3.63, 3.8) is 0 Å². The van der Waals surface area contributed by atoms with E-state index in [1.165, 1.54) is 0 Å². The van der Waals surface area contributed by atoms with Crippen molar-refractivity contribution in [1.29, 1.82) is 0 Å². The van der Waals surface area contributed by atoms with Gasteiger partial charge in [0.05, 0.1) is 12.1 Å². The van der Waals surface area contributed by atoms with Gasteiger partial charge in [0, 0.05) is 23.1 Å². The molecule has 0 saturated carbocycles. The monoisotopic (exact) mass is 405 g/mol. The molecule has 25 heavy (non-hydrogen) atoms. The number of carboxylic acid groups (broad SMARTS) is 1. The summed E-state index contributed by atoms with van der Waals surface area (Å²) in [7, 11) is 0. The Hall–Kier alpha value is -2.12. The largest absolute Gasteiger partial charge is 0.481 e. The number of halogens is 1. The van der Waals surface area contributed by atoms with Crippen LogP contribution in [-0.2, 0) is 4.79 Å². The zero-order valence-electron chi connectivity index (χ0n) is 13.6. The summed E-state index contributed by atoms with van der Waals surface area (Å²) in [5, 5.41) is 16.4. The minimum atomic E-state index is -0.740. The molecule has 2 aromatic rings. The molecule has 1 saturated heterocycles. The van der Waals surface area contributed by atoms with E-state index >= 15 is 0 Å². The topological polar surface area (TPSA) is 86.9 Å². The summed E-state index contributed by atoms with van der Waals surface area (Å²) >= 11 is 3.51. The van der Waals surface area contributed by atoms with E-state index in [9.17, 15) is 4.79 Å². The zero-order valence-corrected chi connectivity index (χ0v) is 15.2. The second-order valence-corrected chi connectivity index (χ2v) is 6.95. The standard InChI is InChI=1S/C18H20BrN3O3/c19-16-4-2-1-3-15(16)17-6-5-14(25-17)11-22-21-9-12-7-13(18(23)24)10-20-8-12/h1-6,11-13,20-21H,7-10H2,(H,23,24)/b22-11+/t12-,13+/m0/s1. The summed E-state index contributed by atoms with van der Waals surface area (Å²) in [6.07, 6.45) is 2.29. The number of aliphatic carboxylic acids is 1. The number of carboxylic acids is 1. The van der Waals surface area contributed by atoms with Gasteiger partial charge in [-0.25, -0.2) is 0 Å². The average Bonchev–Trinajstić information content (AvgIpc) is 3.08. The molecule has 1 aliphatic heterocycles. The summed E-state index contributed by atoms with van der Waals surface area (Å²) in [6, 6.07) is 11.6. The van der Waals surface area contributed by atoms with Gasteiger partial charge in [-0.2, -0.15) is 5.10 Å². The molecule has 0 radical (unpaired) electrons. The molecule has 0 bridgehead atoms. The van der Waals surface area contributed by atoms with Crippen LogP contribution in [0.4, 0.5) is 0 Å². The Morgan fingerprint density at radius 2 is 2.20 bits per heavy atom. The fourth-order valence-corrected chi connectivity index (χ4v) is 3.37. The van der Waals surface area contributed by atoms with E-state index in [0.717, 1.165) is 22.3 Å². The molecule has 0 spiro atoms. The van der Waals surface area contributed by atoms with Crippen molar-refractivity contribution in [2.45, 2.75) is 6.42 Å². The quantitative estimate of drug-likeness (QED) is 0.507. The van der Waals surface area contributed by atoms with Crippen LogP contribution >= 0.6 is 15.9 Å². The molecule has 2 atom stereocenters. The highest BCUT2D eigenvalue weighted by Crippen LogP contribution is 2.28. The van der Waals surface area contributed by atoms with Crippen molar-refractivity contribution >= 4 is 28.1 Å². The van der Waals surface area contributed by atoms with E-state index in [1.807, 2.05) is 36.4 Å². The maximum absolute atomic E-state index is 11.1. The lowest BCUT2D eigenvalue weighted by molar-refractivity contribution is -0.142. The number of hydrazone groups is 1. The molecule has 1 fully saturated rings. The van der Waals surface area contributed by atoms with E-state index in [4.69, 9.17) is 9.52 Å². The number of carbonyl (C=O) groups is 1. The third kappa shape index (κ3) is 4.70. The van der Waals surface area contributed by atoms with Gasteiger partial charge in [-0.3, -0.25) is 4.79 Å². The molecule has 1 aromatic carbocycles. The molecule has 132 valence electrons. The molecule has 3 N–H and O–H groups in total. The highest BCUT2D eigenvalue weighted by Gasteiger charge is 2.26. The van der Waals surface area contributed by atoms with Gasteiger partial charge >= 0.3 is 5.97 Å². The molecule has 2 heterocycles. The lowest BCUT2D eigenvalue weighted by atomic mass is 9.91. The molecule has 7 heteroatoms. The lowest BCUT2D eigenvalue weighted by Gasteiger charge is -2.27. The predicted molar refractivity (Wildman–Crippen MR) is 99.5 cm³/mol. The van der Waals surface area contributed by atoms with Crippen LogP contribution in [0.3, 0.4) is 0 Å². The van der Waals surface area contributed by atoms with E-state index in [1.54, 1.807) is 6.21 Å². The van der Waals surface area contributed by atoms with Gasteiger partial charge in [-0.1, -0.05) is 34.1 Å². The van der Waals surface area contributed by atoms with Gasteiger partial charge in [0.15, 0.2) is 0 Å². The van der Waals surface area contributed by atoms with E-state index in [0.29, 0.717) is 25.3 Å². The first-order valence-corrected chi connectivity index (χ1v) is 8.97. The van der Waals surface area contributed by atoms with Gasteiger partial charge in [0.2, 0.25) is 0 Å². The van der Waals surface area contributed by atoms with E-state index in [-0.39, 0.29) is 11.8 Å². The van der Waals surface area contributed by atoms with E-state index < -0.39 is 5.97 Å². The normalized spacial score (nSPS) is 20.7. The number of piperidine rings is 1. The minimum Gasteiger partial charge on any atom is -0.481 e. The van der Waals surface area contributed by atoms with Crippen molar-refractivity contribution in [3.8, 4) is 11.3 Å². The third-order valence-electron chi connectivity index (χ3n) is 4.22. The summed E-state index contributed by atoms with van der Waals surface area (Å²) in [6.45, 7) is 1.98. The maximum atomic E-state index is 11.1. The number of hydrogen-bond acceptors (Lipinski definition) is 5. The second kappa shape index (κ2) is 8.31. The van der Waals surface area contributed by atoms with Gasteiger partial charge in [-0.15, -0.1) is 0 Å². The molecular weight excluding hydrogens is 386 g/mol. The predicted octanol–water partition coefficient (Wildman–Crippen LogP) is 2.94. The summed E-state index contributed by atoms with van der Waals surface area (Å²) in [4.78, 5) is 11.1. The van der Waals surface area contributed by atoms with Crippen molar-refractivity contribution in [2.24, 2.45) is 16.9 Å². The van der Waals surface area contributed by atoms with Crippen LogP contribution in [0.2, 0.25) is 0 Å². The Bertz CT molecular complexity index is 760.